The van der Waals surface area contributed by atoms with Crippen LogP contribution in [0.3, 0.4) is 0 Å². The summed E-state index contributed by atoms with van der Waals surface area (Å²) in [4.78, 5) is 2.45. The van der Waals surface area contributed by atoms with E-state index in [0.29, 0.717) is 22.7 Å². The van der Waals surface area contributed by atoms with E-state index in [4.69, 9.17) is 32.7 Å². The largest absolute Gasteiger partial charge is 0.494 e. The summed E-state index contributed by atoms with van der Waals surface area (Å²) in [6.07, 6.45) is 6.70. The number of hydrogen-bond donors (Lipinski definition) is 1. The molecule has 218 valence electrons. The number of halogens is 2. The highest BCUT2D eigenvalue weighted by Gasteiger charge is 2.29. The quantitative estimate of drug-likeness (QED) is 0.197. The molecule has 1 fully saturated rings. The van der Waals surface area contributed by atoms with Crippen molar-refractivity contribution < 1.29 is 9.47 Å². The molecule has 6 rings (SSSR count). The number of nitrogens with zero attached hydrogens (tertiary/aromatic N) is 1. The van der Waals surface area contributed by atoms with E-state index in [1.54, 1.807) is 0 Å². The van der Waals surface area contributed by atoms with Crippen molar-refractivity contribution in [1.29, 1.82) is 0 Å². The number of rotatable bonds is 10. The smallest absolute Gasteiger partial charge is 0.120 e. The zero-order valence-corrected chi connectivity index (χ0v) is 25.4. The van der Waals surface area contributed by atoms with Crippen molar-refractivity contribution in [1.82, 2.24) is 5.32 Å². The van der Waals surface area contributed by atoms with Crippen molar-refractivity contribution in [2.24, 2.45) is 0 Å². The van der Waals surface area contributed by atoms with Gasteiger partial charge in [-0.2, -0.15) is 0 Å². The fourth-order valence-corrected chi connectivity index (χ4v) is 6.44. The second-order valence-electron chi connectivity index (χ2n) is 11.3. The number of piperidine rings is 1. The van der Waals surface area contributed by atoms with Gasteiger partial charge in [-0.25, -0.2) is 0 Å². The Hall–Kier alpha value is -3.18. The molecule has 2 aliphatic heterocycles. The van der Waals surface area contributed by atoms with E-state index in [9.17, 15) is 0 Å². The minimum atomic E-state index is 0.151. The van der Waals surface area contributed by atoms with Crippen LogP contribution >= 0.6 is 23.2 Å². The van der Waals surface area contributed by atoms with Crippen molar-refractivity contribution in [3.63, 3.8) is 0 Å². The fraction of sp³-hybridized carbons (Fsp3) is 0.333. The van der Waals surface area contributed by atoms with Crippen LogP contribution in [0.5, 0.6) is 11.5 Å². The van der Waals surface area contributed by atoms with Crippen molar-refractivity contribution in [2.75, 3.05) is 24.6 Å². The molecule has 0 aromatic heterocycles. The van der Waals surface area contributed by atoms with Crippen LogP contribution in [0.4, 0.5) is 5.69 Å². The Labute approximate surface area is 259 Å². The molecule has 0 bridgehead atoms. The average molecular weight is 602 g/mol. The highest BCUT2D eigenvalue weighted by molar-refractivity contribution is 6.42. The first-order chi connectivity index (χ1) is 20.6. The van der Waals surface area contributed by atoms with Gasteiger partial charge in [0.25, 0.3) is 0 Å². The summed E-state index contributed by atoms with van der Waals surface area (Å²) in [5, 5.41) is 4.75. The third kappa shape index (κ3) is 7.23. The van der Waals surface area contributed by atoms with Crippen molar-refractivity contribution in [3.05, 3.63) is 123 Å². The molecule has 2 unspecified atom stereocenters. The molecule has 2 atom stereocenters. The van der Waals surface area contributed by atoms with Crippen molar-refractivity contribution >= 4 is 28.9 Å². The highest BCUT2D eigenvalue weighted by Crippen LogP contribution is 2.39. The Morgan fingerprint density at radius 1 is 0.786 bits per heavy atom. The molecule has 0 spiro atoms. The number of ether oxygens (including phenoxy) is 2. The number of nitrogens with one attached hydrogen (secondary N) is 1. The molecule has 2 heterocycles. The van der Waals surface area contributed by atoms with E-state index in [1.165, 1.54) is 36.0 Å². The summed E-state index contributed by atoms with van der Waals surface area (Å²) in [6, 6.07) is 32.2. The Balaban J connectivity index is 1.18. The molecule has 1 saturated heterocycles. The highest BCUT2D eigenvalue weighted by atomic mass is 35.5. The van der Waals surface area contributed by atoms with E-state index in [0.717, 1.165) is 61.7 Å². The third-order valence-electron chi connectivity index (χ3n) is 8.45. The number of benzene rings is 4. The maximum absolute atomic E-state index is 6.46. The lowest BCUT2D eigenvalue weighted by Gasteiger charge is -2.39. The first kappa shape index (κ1) is 28.9. The van der Waals surface area contributed by atoms with Gasteiger partial charge in [-0.05, 0) is 103 Å². The van der Waals surface area contributed by atoms with Crippen molar-refractivity contribution in [2.45, 2.75) is 57.2 Å². The minimum Gasteiger partial charge on any atom is -0.494 e. The van der Waals surface area contributed by atoms with Crippen LogP contribution in [0.2, 0.25) is 10.0 Å². The zero-order chi connectivity index (χ0) is 28.7. The second kappa shape index (κ2) is 13.9. The van der Waals surface area contributed by atoms with E-state index < -0.39 is 0 Å². The molecular weight excluding hydrogens is 563 g/mol. The monoisotopic (exact) mass is 600 g/mol. The van der Waals surface area contributed by atoms with Gasteiger partial charge in [0.2, 0.25) is 0 Å². The summed E-state index contributed by atoms with van der Waals surface area (Å²) in [5.74, 6) is 1.84. The molecule has 4 aromatic rings. The molecular formula is C36H38Cl2N2O2. The molecule has 0 aliphatic carbocycles. The van der Waals surface area contributed by atoms with Crippen LogP contribution in [0.1, 0.15) is 54.0 Å². The molecule has 0 saturated carbocycles. The van der Waals surface area contributed by atoms with Crippen LogP contribution in [0, 0.1) is 0 Å². The van der Waals surface area contributed by atoms with Gasteiger partial charge < -0.3 is 19.7 Å². The molecule has 42 heavy (non-hydrogen) atoms. The number of hydrogen-bond acceptors (Lipinski definition) is 4. The van der Waals surface area contributed by atoms with Gasteiger partial charge in [-0.15, -0.1) is 0 Å². The zero-order valence-electron chi connectivity index (χ0n) is 23.9. The van der Waals surface area contributed by atoms with Crippen LogP contribution < -0.4 is 19.7 Å². The molecule has 0 amide bonds. The van der Waals surface area contributed by atoms with Gasteiger partial charge in [-0.1, -0.05) is 78.2 Å². The van der Waals surface area contributed by atoms with Crippen LogP contribution in [0.15, 0.2) is 91.0 Å². The lowest BCUT2D eigenvalue weighted by atomic mass is 9.88. The fourth-order valence-electron chi connectivity index (χ4n) is 6.15. The molecule has 2 aliphatic rings. The lowest BCUT2D eigenvalue weighted by molar-refractivity contribution is 0.268. The van der Waals surface area contributed by atoms with Crippen molar-refractivity contribution in [3.8, 4) is 11.5 Å². The normalized spacial score (nSPS) is 18.4. The maximum Gasteiger partial charge on any atom is 0.120 e. The average Bonchev–Trinajstić information content (AvgIpc) is 3.03. The third-order valence-corrected chi connectivity index (χ3v) is 9.19. The minimum absolute atomic E-state index is 0.151. The summed E-state index contributed by atoms with van der Waals surface area (Å²) in [7, 11) is 0. The summed E-state index contributed by atoms with van der Waals surface area (Å²) in [5.41, 5.74) is 6.17. The van der Waals surface area contributed by atoms with Gasteiger partial charge in [0, 0.05) is 18.3 Å². The van der Waals surface area contributed by atoms with Crippen LogP contribution in [-0.4, -0.2) is 25.7 Å². The predicted octanol–water partition coefficient (Wildman–Crippen LogP) is 8.83. The molecule has 6 heteroatoms. The Morgan fingerprint density at radius 2 is 1.62 bits per heavy atom. The van der Waals surface area contributed by atoms with E-state index >= 15 is 0 Å². The van der Waals surface area contributed by atoms with E-state index in [1.807, 2.05) is 30.3 Å². The maximum atomic E-state index is 6.46. The Kier molecular flexibility index (Phi) is 9.54. The van der Waals surface area contributed by atoms with Crippen LogP contribution in [0.25, 0.3) is 0 Å². The SMILES string of the molecule is Clc1ccc(N2CCc3cc(OCc4ccccc4)ccc3C2Cc2ccc(OCCC3CCCCN3)cc2)cc1Cl. The van der Waals surface area contributed by atoms with Gasteiger partial charge in [0.15, 0.2) is 0 Å². The molecule has 1 N–H and O–H groups in total. The van der Waals surface area contributed by atoms with Gasteiger partial charge in [0.1, 0.15) is 18.1 Å². The van der Waals surface area contributed by atoms with E-state index in [2.05, 4.69) is 70.9 Å². The topological polar surface area (TPSA) is 33.7 Å². The second-order valence-corrected chi connectivity index (χ2v) is 12.1. The summed E-state index contributed by atoms with van der Waals surface area (Å²) >= 11 is 12.7. The Bertz CT molecular complexity index is 1460. The molecule has 0 radical (unpaired) electrons. The number of anilines is 1. The van der Waals surface area contributed by atoms with Gasteiger partial charge >= 0.3 is 0 Å². The lowest BCUT2D eigenvalue weighted by Crippen LogP contribution is -2.36. The first-order valence-corrected chi connectivity index (χ1v) is 15.8. The first-order valence-electron chi connectivity index (χ1n) is 15.1. The summed E-state index contributed by atoms with van der Waals surface area (Å²) < 4.78 is 12.3. The van der Waals surface area contributed by atoms with E-state index in [-0.39, 0.29) is 6.04 Å². The standard InChI is InChI=1S/C36H38Cl2N2O2/c37-34-16-11-30(24-35(34)38)40-20-17-28-23-32(42-25-27-6-2-1-3-7-27)14-15-33(28)36(40)22-26-9-12-31(13-10-26)41-21-18-29-8-4-5-19-39-29/h1-3,6-7,9-16,23-24,29,36,39H,4-5,8,17-22,25H2. The predicted molar refractivity (Wildman–Crippen MR) is 173 cm³/mol. The molecule has 4 aromatic carbocycles. The Morgan fingerprint density at radius 3 is 2.40 bits per heavy atom. The molecule has 4 nitrogen and oxygen atoms in total. The van der Waals surface area contributed by atoms with Gasteiger partial charge in [-0.3, -0.25) is 0 Å². The van der Waals surface area contributed by atoms with Crippen LogP contribution in [-0.2, 0) is 19.4 Å². The summed E-state index contributed by atoms with van der Waals surface area (Å²) in [6.45, 7) is 3.32. The van der Waals surface area contributed by atoms with Gasteiger partial charge in [0.05, 0.1) is 22.7 Å². The number of fused-ring (bicyclic) bond motifs is 1.